The van der Waals surface area contributed by atoms with Gasteiger partial charge in [-0.05, 0) is 25.0 Å². The van der Waals surface area contributed by atoms with Gasteiger partial charge in [0, 0.05) is 32.1 Å². The Morgan fingerprint density at radius 3 is 3.14 bits per heavy atom. The smallest absolute Gasteiger partial charge is 0.271 e. The van der Waals surface area contributed by atoms with Crippen LogP contribution in [0.3, 0.4) is 0 Å². The van der Waals surface area contributed by atoms with E-state index in [0.29, 0.717) is 36.7 Å². The zero-order valence-corrected chi connectivity index (χ0v) is 12.2. The van der Waals surface area contributed by atoms with Gasteiger partial charge in [0.15, 0.2) is 11.5 Å². The Morgan fingerprint density at radius 1 is 1.50 bits per heavy atom. The molecule has 0 unspecified atom stereocenters. The van der Waals surface area contributed by atoms with Crippen LogP contribution in [-0.4, -0.2) is 46.5 Å². The van der Waals surface area contributed by atoms with Crippen molar-refractivity contribution in [2.24, 2.45) is 0 Å². The number of hydrogen-bond acceptors (Lipinski definition) is 4. The molecule has 1 aliphatic heterocycles. The SMILES string of the molecule is O=C(NCCCN1CCCC1=O)c1cc(-c2ccco2)[nH]n1. The zero-order valence-electron chi connectivity index (χ0n) is 12.2. The largest absolute Gasteiger partial charge is 0.463 e. The summed E-state index contributed by atoms with van der Waals surface area (Å²) in [6, 6.07) is 5.22. The maximum absolute atomic E-state index is 12.0. The number of nitrogens with one attached hydrogen (secondary N) is 2. The fraction of sp³-hybridized carbons (Fsp3) is 0.400. The second-order valence-electron chi connectivity index (χ2n) is 5.24. The molecule has 2 aromatic rings. The van der Waals surface area contributed by atoms with Crippen molar-refractivity contribution in [3.8, 4) is 11.5 Å². The molecular formula is C15H18N4O3. The van der Waals surface area contributed by atoms with E-state index in [-0.39, 0.29) is 11.8 Å². The van der Waals surface area contributed by atoms with Crippen LogP contribution in [0.4, 0.5) is 0 Å². The summed E-state index contributed by atoms with van der Waals surface area (Å²) in [4.78, 5) is 25.3. The molecule has 0 aromatic carbocycles. The Morgan fingerprint density at radius 2 is 2.41 bits per heavy atom. The molecule has 0 spiro atoms. The molecule has 0 atom stereocenters. The molecule has 116 valence electrons. The van der Waals surface area contributed by atoms with Gasteiger partial charge in [0.1, 0.15) is 5.69 Å². The lowest BCUT2D eigenvalue weighted by Gasteiger charge is -2.14. The van der Waals surface area contributed by atoms with Crippen LogP contribution < -0.4 is 5.32 Å². The van der Waals surface area contributed by atoms with Gasteiger partial charge in [0.05, 0.1) is 6.26 Å². The first kappa shape index (κ1) is 14.4. The zero-order chi connectivity index (χ0) is 15.4. The van der Waals surface area contributed by atoms with Crippen molar-refractivity contribution in [1.29, 1.82) is 0 Å². The van der Waals surface area contributed by atoms with Gasteiger partial charge in [-0.25, -0.2) is 0 Å². The number of carbonyl (C=O) groups is 2. The molecule has 0 saturated carbocycles. The quantitative estimate of drug-likeness (QED) is 0.789. The third-order valence-electron chi connectivity index (χ3n) is 3.66. The van der Waals surface area contributed by atoms with Crippen molar-refractivity contribution in [2.75, 3.05) is 19.6 Å². The van der Waals surface area contributed by atoms with Gasteiger partial charge in [0.25, 0.3) is 5.91 Å². The van der Waals surface area contributed by atoms with Crippen LogP contribution in [0, 0.1) is 0 Å². The molecule has 0 bridgehead atoms. The molecule has 0 radical (unpaired) electrons. The first-order chi connectivity index (χ1) is 10.7. The number of likely N-dealkylation sites (tertiary alicyclic amines) is 1. The van der Waals surface area contributed by atoms with Crippen LogP contribution in [0.2, 0.25) is 0 Å². The second kappa shape index (κ2) is 6.46. The van der Waals surface area contributed by atoms with Crippen LogP contribution in [0.15, 0.2) is 28.9 Å². The highest BCUT2D eigenvalue weighted by molar-refractivity contribution is 5.93. The fourth-order valence-electron chi connectivity index (χ4n) is 2.50. The molecule has 1 aliphatic rings. The summed E-state index contributed by atoms with van der Waals surface area (Å²) in [6.45, 7) is 2.04. The molecule has 3 heterocycles. The number of nitrogens with zero attached hydrogens (tertiary/aromatic N) is 2. The highest BCUT2D eigenvalue weighted by Gasteiger charge is 2.19. The van der Waals surface area contributed by atoms with Crippen molar-refractivity contribution in [1.82, 2.24) is 20.4 Å². The molecule has 7 heteroatoms. The minimum Gasteiger partial charge on any atom is -0.463 e. The lowest BCUT2D eigenvalue weighted by Crippen LogP contribution is -2.30. The Balaban J connectivity index is 1.45. The van der Waals surface area contributed by atoms with E-state index < -0.39 is 0 Å². The van der Waals surface area contributed by atoms with E-state index in [1.165, 1.54) is 0 Å². The van der Waals surface area contributed by atoms with E-state index in [4.69, 9.17) is 4.42 Å². The first-order valence-corrected chi connectivity index (χ1v) is 7.39. The maximum atomic E-state index is 12.0. The Bertz CT molecular complexity index is 648. The lowest BCUT2D eigenvalue weighted by atomic mass is 10.3. The Labute approximate surface area is 127 Å². The first-order valence-electron chi connectivity index (χ1n) is 7.39. The molecule has 7 nitrogen and oxygen atoms in total. The number of H-pyrrole nitrogens is 1. The predicted molar refractivity (Wildman–Crippen MR) is 79.1 cm³/mol. The number of rotatable bonds is 6. The highest BCUT2D eigenvalue weighted by Crippen LogP contribution is 2.17. The van der Waals surface area contributed by atoms with E-state index in [2.05, 4.69) is 15.5 Å². The number of carbonyl (C=O) groups excluding carboxylic acids is 2. The Kier molecular flexibility index (Phi) is 4.22. The summed E-state index contributed by atoms with van der Waals surface area (Å²) in [5.74, 6) is 0.614. The van der Waals surface area contributed by atoms with Gasteiger partial charge >= 0.3 is 0 Å². The van der Waals surface area contributed by atoms with E-state index in [1.807, 2.05) is 4.90 Å². The van der Waals surface area contributed by atoms with Crippen molar-refractivity contribution in [2.45, 2.75) is 19.3 Å². The van der Waals surface area contributed by atoms with Crippen molar-refractivity contribution in [3.05, 3.63) is 30.2 Å². The average molecular weight is 302 g/mol. The minimum atomic E-state index is -0.234. The predicted octanol–water partition coefficient (Wildman–Crippen LogP) is 1.41. The number of amides is 2. The van der Waals surface area contributed by atoms with Crippen LogP contribution >= 0.6 is 0 Å². The van der Waals surface area contributed by atoms with Gasteiger partial charge in [-0.15, -0.1) is 0 Å². The normalized spacial score (nSPS) is 14.5. The molecule has 2 N–H and O–H groups in total. The third-order valence-corrected chi connectivity index (χ3v) is 3.66. The number of aromatic amines is 1. The second-order valence-corrected chi connectivity index (χ2v) is 5.24. The van der Waals surface area contributed by atoms with E-state index in [0.717, 1.165) is 19.4 Å². The standard InChI is InChI=1S/C15H18N4O3/c20-14-5-1-7-19(14)8-3-6-16-15(21)12-10-11(17-18-12)13-4-2-9-22-13/h2,4,9-10H,1,3,5-8H2,(H,16,21)(H,17,18). The van der Waals surface area contributed by atoms with E-state index in [1.54, 1.807) is 24.5 Å². The van der Waals surface area contributed by atoms with Gasteiger partial charge in [-0.2, -0.15) is 5.10 Å². The van der Waals surface area contributed by atoms with Crippen molar-refractivity contribution >= 4 is 11.8 Å². The van der Waals surface area contributed by atoms with Crippen LogP contribution in [0.5, 0.6) is 0 Å². The molecule has 1 fully saturated rings. The summed E-state index contributed by atoms with van der Waals surface area (Å²) in [5.41, 5.74) is 0.987. The van der Waals surface area contributed by atoms with Crippen LogP contribution in [0.25, 0.3) is 11.5 Å². The summed E-state index contributed by atoms with van der Waals surface area (Å²) in [7, 11) is 0. The van der Waals surface area contributed by atoms with Gasteiger partial charge in [0.2, 0.25) is 5.91 Å². The molecule has 0 aliphatic carbocycles. The number of hydrogen-bond donors (Lipinski definition) is 2. The summed E-state index contributed by atoms with van der Waals surface area (Å²) in [6.07, 6.45) is 3.89. The highest BCUT2D eigenvalue weighted by atomic mass is 16.3. The van der Waals surface area contributed by atoms with Crippen molar-refractivity contribution < 1.29 is 14.0 Å². The third kappa shape index (κ3) is 3.19. The molecular weight excluding hydrogens is 284 g/mol. The van der Waals surface area contributed by atoms with Gasteiger partial charge in [-0.3, -0.25) is 14.7 Å². The van der Waals surface area contributed by atoms with Crippen molar-refractivity contribution in [3.63, 3.8) is 0 Å². The maximum Gasteiger partial charge on any atom is 0.271 e. The van der Waals surface area contributed by atoms with E-state index in [9.17, 15) is 9.59 Å². The topological polar surface area (TPSA) is 91.2 Å². The summed E-state index contributed by atoms with van der Waals surface area (Å²) < 4.78 is 5.24. The van der Waals surface area contributed by atoms with E-state index >= 15 is 0 Å². The minimum absolute atomic E-state index is 0.210. The average Bonchev–Trinajstić information content (AvgIpc) is 3.24. The lowest BCUT2D eigenvalue weighted by molar-refractivity contribution is -0.127. The van der Waals surface area contributed by atoms with Gasteiger partial charge < -0.3 is 14.6 Å². The summed E-state index contributed by atoms with van der Waals surface area (Å²) >= 11 is 0. The van der Waals surface area contributed by atoms with Crippen LogP contribution in [0.1, 0.15) is 29.8 Å². The molecule has 1 saturated heterocycles. The Hall–Kier alpha value is -2.57. The fourth-order valence-corrected chi connectivity index (χ4v) is 2.50. The summed E-state index contributed by atoms with van der Waals surface area (Å²) in [5, 5.41) is 9.56. The molecule has 22 heavy (non-hydrogen) atoms. The molecule has 2 amide bonds. The van der Waals surface area contributed by atoms with Gasteiger partial charge in [-0.1, -0.05) is 0 Å². The molecule has 2 aromatic heterocycles. The monoisotopic (exact) mass is 302 g/mol. The number of furan rings is 1. The van der Waals surface area contributed by atoms with Crippen LogP contribution in [-0.2, 0) is 4.79 Å². The number of aromatic nitrogens is 2. The molecule has 3 rings (SSSR count).